The first kappa shape index (κ1) is 12.8. The zero-order valence-corrected chi connectivity index (χ0v) is 10.5. The van der Waals surface area contributed by atoms with E-state index in [9.17, 15) is 0 Å². The van der Waals surface area contributed by atoms with Gasteiger partial charge in [-0.25, -0.2) is 0 Å². The highest BCUT2D eigenvalue weighted by molar-refractivity contribution is 5.47. The lowest BCUT2D eigenvalue weighted by Crippen LogP contribution is -2.23. The molecule has 1 aromatic rings. The predicted octanol–water partition coefficient (Wildman–Crippen LogP) is 2.92. The summed E-state index contributed by atoms with van der Waals surface area (Å²) >= 11 is 0. The largest absolute Gasteiger partial charge is 0.497 e. The molecule has 0 radical (unpaired) electrons. The van der Waals surface area contributed by atoms with E-state index in [1.807, 2.05) is 24.3 Å². The van der Waals surface area contributed by atoms with Crippen molar-refractivity contribution in [3.8, 4) is 5.75 Å². The molecule has 1 N–H and O–H groups in total. The molecule has 1 aromatic carbocycles. The average Bonchev–Trinajstić information content (AvgIpc) is 2.23. The predicted molar refractivity (Wildman–Crippen MR) is 67.2 cm³/mol. The van der Waals surface area contributed by atoms with Gasteiger partial charge in [0, 0.05) is 18.3 Å². The average molecular weight is 223 g/mol. The molecule has 0 aliphatic heterocycles. The van der Waals surface area contributed by atoms with E-state index in [-0.39, 0.29) is 5.60 Å². The van der Waals surface area contributed by atoms with Crippen molar-refractivity contribution in [2.24, 2.45) is 0 Å². The topological polar surface area (TPSA) is 30.5 Å². The van der Waals surface area contributed by atoms with Crippen LogP contribution < -0.4 is 10.1 Å². The zero-order chi connectivity index (χ0) is 12.0. The molecular formula is C13H21NO2. The Balaban J connectivity index is 2.32. The molecule has 0 aliphatic carbocycles. The van der Waals surface area contributed by atoms with Gasteiger partial charge in [0.1, 0.15) is 5.75 Å². The van der Waals surface area contributed by atoms with E-state index in [4.69, 9.17) is 9.47 Å². The van der Waals surface area contributed by atoms with Gasteiger partial charge in [-0.3, -0.25) is 0 Å². The van der Waals surface area contributed by atoms with Crippen molar-refractivity contribution in [1.29, 1.82) is 0 Å². The lowest BCUT2D eigenvalue weighted by Gasteiger charge is -2.19. The number of benzene rings is 1. The SMILES string of the molecule is COc1cccc(NCCOC(C)(C)C)c1. The Morgan fingerprint density at radius 3 is 2.62 bits per heavy atom. The van der Waals surface area contributed by atoms with E-state index in [2.05, 4.69) is 26.1 Å². The Bertz CT molecular complexity index is 318. The first-order valence-electron chi connectivity index (χ1n) is 5.53. The minimum Gasteiger partial charge on any atom is -0.497 e. The second kappa shape index (κ2) is 5.75. The third-order valence-electron chi connectivity index (χ3n) is 2.04. The van der Waals surface area contributed by atoms with E-state index in [1.54, 1.807) is 7.11 Å². The Morgan fingerprint density at radius 1 is 1.25 bits per heavy atom. The summed E-state index contributed by atoms with van der Waals surface area (Å²) in [5, 5.41) is 3.29. The number of rotatable bonds is 5. The summed E-state index contributed by atoms with van der Waals surface area (Å²) in [6, 6.07) is 7.87. The van der Waals surface area contributed by atoms with E-state index in [0.29, 0.717) is 6.61 Å². The van der Waals surface area contributed by atoms with Gasteiger partial charge in [0.2, 0.25) is 0 Å². The molecule has 16 heavy (non-hydrogen) atoms. The van der Waals surface area contributed by atoms with Crippen molar-refractivity contribution in [2.75, 3.05) is 25.6 Å². The lowest BCUT2D eigenvalue weighted by molar-refractivity contribution is 0.00333. The molecular weight excluding hydrogens is 202 g/mol. The van der Waals surface area contributed by atoms with E-state index in [0.717, 1.165) is 18.0 Å². The fourth-order valence-electron chi connectivity index (χ4n) is 1.29. The molecule has 0 spiro atoms. The van der Waals surface area contributed by atoms with Crippen LogP contribution in [0.15, 0.2) is 24.3 Å². The summed E-state index contributed by atoms with van der Waals surface area (Å²) in [4.78, 5) is 0. The van der Waals surface area contributed by atoms with Gasteiger partial charge in [0.15, 0.2) is 0 Å². The van der Waals surface area contributed by atoms with Crippen LogP contribution >= 0.6 is 0 Å². The molecule has 0 atom stereocenters. The molecule has 0 aliphatic rings. The highest BCUT2D eigenvalue weighted by atomic mass is 16.5. The molecule has 90 valence electrons. The second-order valence-corrected chi connectivity index (χ2v) is 4.62. The first-order chi connectivity index (χ1) is 7.51. The number of methoxy groups -OCH3 is 1. The Hall–Kier alpha value is -1.22. The van der Waals surface area contributed by atoms with Crippen LogP contribution in [0.4, 0.5) is 5.69 Å². The summed E-state index contributed by atoms with van der Waals surface area (Å²) in [6.45, 7) is 7.65. The van der Waals surface area contributed by atoms with Crippen molar-refractivity contribution in [2.45, 2.75) is 26.4 Å². The number of ether oxygens (including phenoxy) is 2. The lowest BCUT2D eigenvalue weighted by atomic mass is 10.2. The van der Waals surface area contributed by atoms with E-state index < -0.39 is 0 Å². The summed E-state index contributed by atoms with van der Waals surface area (Å²) in [7, 11) is 1.67. The van der Waals surface area contributed by atoms with Crippen molar-refractivity contribution in [3.05, 3.63) is 24.3 Å². The molecule has 0 saturated heterocycles. The normalized spacial score (nSPS) is 11.2. The first-order valence-corrected chi connectivity index (χ1v) is 5.53. The summed E-state index contributed by atoms with van der Waals surface area (Å²) in [5.41, 5.74) is 0.979. The van der Waals surface area contributed by atoms with Gasteiger partial charge in [0.25, 0.3) is 0 Å². The van der Waals surface area contributed by atoms with Gasteiger partial charge in [0.05, 0.1) is 19.3 Å². The molecule has 0 saturated carbocycles. The molecule has 3 nitrogen and oxygen atoms in total. The minimum absolute atomic E-state index is 0.0734. The number of hydrogen-bond acceptors (Lipinski definition) is 3. The molecule has 0 unspecified atom stereocenters. The summed E-state index contributed by atoms with van der Waals surface area (Å²) < 4.78 is 10.8. The Kier molecular flexibility index (Phi) is 4.62. The van der Waals surface area contributed by atoms with Gasteiger partial charge in [-0.1, -0.05) is 6.07 Å². The van der Waals surface area contributed by atoms with Gasteiger partial charge in [-0.15, -0.1) is 0 Å². The highest BCUT2D eigenvalue weighted by Crippen LogP contribution is 2.16. The highest BCUT2D eigenvalue weighted by Gasteiger charge is 2.08. The van der Waals surface area contributed by atoms with Crippen LogP contribution in [0, 0.1) is 0 Å². The number of hydrogen-bond donors (Lipinski definition) is 1. The summed E-state index contributed by atoms with van der Waals surface area (Å²) in [5.74, 6) is 0.863. The second-order valence-electron chi connectivity index (χ2n) is 4.62. The van der Waals surface area contributed by atoms with Crippen molar-refractivity contribution < 1.29 is 9.47 Å². The van der Waals surface area contributed by atoms with Crippen LogP contribution in [0.1, 0.15) is 20.8 Å². The van der Waals surface area contributed by atoms with Gasteiger partial charge >= 0.3 is 0 Å². The monoisotopic (exact) mass is 223 g/mol. The molecule has 0 amide bonds. The number of nitrogens with one attached hydrogen (secondary N) is 1. The smallest absolute Gasteiger partial charge is 0.120 e. The van der Waals surface area contributed by atoms with Gasteiger partial charge < -0.3 is 14.8 Å². The van der Waals surface area contributed by atoms with Gasteiger partial charge in [-0.2, -0.15) is 0 Å². The molecule has 0 fully saturated rings. The van der Waals surface area contributed by atoms with E-state index >= 15 is 0 Å². The van der Waals surface area contributed by atoms with Crippen molar-refractivity contribution >= 4 is 5.69 Å². The minimum atomic E-state index is -0.0734. The Labute approximate surface area is 97.8 Å². The quantitative estimate of drug-likeness (QED) is 0.778. The third-order valence-corrected chi connectivity index (χ3v) is 2.04. The van der Waals surface area contributed by atoms with Crippen LogP contribution in [-0.4, -0.2) is 25.9 Å². The summed E-state index contributed by atoms with van der Waals surface area (Å²) in [6.07, 6.45) is 0. The molecule has 0 aromatic heterocycles. The number of anilines is 1. The molecule has 0 heterocycles. The standard InChI is InChI=1S/C13H21NO2/c1-13(2,3)16-9-8-14-11-6-5-7-12(10-11)15-4/h5-7,10,14H,8-9H2,1-4H3. The van der Waals surface area contributed by atoms with Crippen LogP contribution in [0.3, 0.4) is 0 Å². The Morgan fingerprint density at radius 2 is 2.00 bits per heavy atom. The molecule has 1 rings (SSSR count). The molecule has 3 heteroatoms. The van der Waals surface area contributed by atoms with Crippen LogP contribution in [0.2, 0.25) is 0 Å². The maximum absolute atomic E-state index is 5.61. The fourth-order valence-corrected chi connectivity index (χ4v) is 1.29. The maximum Gasteiger partial charge on any atom is 0.120 e. The fraction of sp³-hybridized carbons (Fsp3) is 0.538. The van der Waals surface area contributed by atoms with Crippen molar-refractivity contribution in [1.82, 2.24) is 0 Å². The van der Waals surface area contributed by atoms with Crippen LogP contribution in [-0.2, 0) is 4.74 Å². The third kappa shape index (κ3) is 5.03. The van der Waals surface area contributed by atoms with Crippen molar-refractivity contribution in [3.63, 3.8) is 0 Å². The molecule has 0 bridgehead atoms. The van der Waals surface area contributed by atoms with E-state index in [1.165, 1.54) is 0 Å². The zero-order valence-electron chi connectivity index (χ0n) is 10.5. The maximum atomic E-state index is 5.61. The van der Waals surface area contributed by atoms with Gasteiger partial charge in [-0.05, 0) is 32.9 Å². The van der Waals surface area contributed by atoms with Crippen LogP contribution in [0.5, 0.6) is 5.75 Å². The van der Waals surface area contributed by atoms with Crippen LogP contribution in [0.25, 0.3) is 0 Å².